The summed E-state index contributed by atoms with van der Waals surface area (Å²) < 4.78 is 11.3. The Balaban J connectivity index is 0.000000121. The molecule has 4 rings (SSSR count). The van der Waals surface area contributed by atoms with Gasteiger partial charge < -0.3 is 9.47 Å². The van der Waals surface area contributed by atoms with E-state index in [4.69, 9.17) is 9.47 Å². The lowest BCUT2D eigenvalue weighted by Crippen LogP contribution is -2.45. The van der Waals surface area contributed by atoms with Gasteiger partial charge in [-0.1, -0.05) is 0 Å². The van der Waals surface area contributed by atoms with Crippen molar-refractivity contribution in [2.24, 2.45) is 0 Å². The SMILES string of the molecule is CN1CCO[C@@H]2CCC[C@H]21.CN1CCO[C@H]2CCC[C@@H]21. The van der Waals surface area contributed by atoms with E-state index in [0.29, 0.717) is 12.2 Å². The van der Waals surface area contributed by atoms with Crippen molar-refractivity contribution in [3.05, 3.63) is 0 Å². The van der Waals surface area contributed by atoms with Crippen molar-refractivity contribution in [1.82, 2.24) is 9.80 Å². The highest BCUT2D eigenvalue weighted by molar-refractivity contribution is 4.88. The third-order valence-corrected chi connectivity index (χ3v) is 5.52. The average Bonchev–Trinajstić information content (AvgIpc) is 3.08. The van der Waals surface area contributed by atoms with Gasteiger partial charge in [0.05, 0.1) is 25.4 Å². The summed E-state index contributed by atoms with van der Waals surface area (Å²) in [7, 11) is 4.43. The molecule has 0 N–H and O–H groups in total. The quantitative estimate of drug-likeness (QED) is 0.676. The van der Waals surface area contributed by atoms with Gasteiger partial charge in [-0.05, 0) is 52.6 Å². The second-order valence-electron chi connectivity index (χ2n) is 6.78. The molecule has 4 atom stereocenters. The number of rotatable bonds is 0. The predicted molar refractivity (Wildman–Crippen MR) is 80.0 cm³/mol. The van der Waals surface area contributed by atoms with E-state index in [0.717, 1.165) is 38.4 Å². The number of hydrogen-bond acceptors (Lipinski definition) is 4. The molecule has 0 radical (unpaired) electrons. The van der Waals surface area contributed by atoms with Crippen molar-refractivity contribution in [1.29, 1.82) is 0 Å². The molecule has 4 heteroatoms. The van der Waals surface area contributed by atoms with Gasteiger partial charge in [0.2, 0.25) is 0 Å². The Hall–Kier alpha value is -0.160. The Kier molecular flexibility index (Phi) is 4.97. The molecule has 4 aliphatic rings. The lowest BCUT2D eigenvalue weighted by Gasteiger charge is -2.34. The third kappa shape index (κ3) is 3.19. The van der Waals surface area contributed by atoms with Crippen molar-refractivity contribution < 1.29 is 9.47 Å². The molecule has 0 unspecified atom stereocenters. The number of ether oxygens (including phenoxy) is 2. The molecule has 2 aliphatic carbocycles. The van der Waals surface area contributed by atoms with Crippen LogP contribution < -0.4 is 0 Å². The normalized spacial score (nSPS) is 41.7. The number of likely N-dealkylation sites (N-methyl/N-ethyl adjacent to an activating group) is 2. The van der Waals surface area contributed by atoms with Gasteiger partial charge in [0.15, 0.2) is 0 Å². The second-order valence-corrected chi connectivity index (χ2v) is 6.78. The molecule has 116 valence electrons. The lowest BCUT2D eigenvalue weighted by atomic mass is 10.1. The highest BCUT2D eigenvalue weighted by atomic mass is 16.5. The highest BCUT2D eigenvalue weighted by Crippen LogP contribution is 2.29. The summed E-state index contributed by atoms with van der Waals surface area (Å²) in [5.74, 6) is 0. The summed E-state index contributed by atoms with van der Waals surface area (Å²) >= 11 is 0. The largest absolute Gasteiger partial charge is 0.375 e. The van der Waals surface area contributed by atoms with Gasteiger partial charge in [0.1, 0.15) is 0 Å². The smallest absolute Gasteiger partial charge is 0.0730 e. The summed E-state index contributed by atoms with van der Waals surface area (Å²) in [6, 6.07) is 1.49. The fourth-order valence-electron chi connectivity index (χ4n) is 4.24. The van der Waals surface area contributed by atoms with E-state index in [1.807, 2.05) is 0 Å². The molecule has 0 aromatic carbocycles. The lowest BCUT2D eigenvalue weighted by molar-refractivity contribution is -0.0454. The van der Waals surface area contributed by atoms with E-state index < -0.39 is 0 Å². The van der Waals surface area contributed by atoms with Crippen LogP contribution in [0.2, 0.25) is 0 Å². The predicted octanol–water partition coefficient (Wildman–Crippen LogP) is 1.74. The molecule has 4 nitrogen and oxygen atoms in total. The maximum Gasteiger partial charge on any atom is 0.0730 e. The molecule has 0 bridgehead atoms. The van der Waals surface area contributed by atoms with Crippen LogP contribution in [0.1, 0.15) is 38.5 Å². The first-order valence-corrected chi connectivity index (χ1v) is 8.39. The zero-order chi connectivity index (χ0) is 13.9. The molecule has 0 aromatic heterocycles. The fraction of sp³-hybridized carbons (Fsp3) is 1.00. The Labute approximate surface area is 123 Å². The number of fused-ring (bicyclic) bond motifs is 2. The Morgan fingerprint density at radius 2 is 1.15 bits per heavy atom. The molecule has 2 aliphatic heterocycles. The third-order valence-electron chi connectivity index (χ3n) is 5.52. The molecule has 20 heavy (non-hydrogen) atoms. The van der Waals surface area contributed by atoms with Crippen LogP contribution in [0, 0.1) is 0 Å². The zero-order valence-corrected chi connectivity index (χ0v) is 13.1. The van der Waals surface area contributed by atoms with Crippen LogP contribution in [0.25, 0.3) is 0 Å². The zero-order valence-electron chi connectivity index (χ0n) is 13.1. The van der Waals surface area contributed by atoms with Gasteiger partial charge in [-0.15, -0.1) is 0 Å². The topological polar surface area (TPSA) is 24.9 Å². The van der Waals surface area contributed by atoms with E-state index in [9.17, 15) is 0 Å². The monoisotopic (exact) mass is 282 g/mol. The second kappa shape index (κ2) is 6.73. The van der Waals surface area contributed by atoms with Crippen LogP contribution in [-0.2, 0) is 9.47 Å². The van der Waals surface area contributed by atoms with Crippen molar-refractivity contribution in [3.63, 3.8) is 0 Å². The van der Waals surface area contributed by atoms with Crippen molar-refractivity contribution >= 4 is 0 Å². The number of nitrogens with zero attached hydrogens (tertiary/aromatic N) is 2. The first kappa shape index (κ1) is 14.8. The van der Waals surface area contributed by atoms with E-state index in [1.54, 1.807) is 0 Å². The van der Waals surface area contributed by atoms with Crippen molar-refractivity contribution in [3.8, 4) is 0 Å². The fourth-order valence-corrected chi connectivity index (χ4v) is 4.24. The maximum absolute atomic E-state index is 5.63. The molecule has 2 saturated heterocycles. The van der Waals surface area contributed by atoms with Crippen LogP contribution in [0.15, 0.2) is 0 Å². The van der Waals surface area contributed by atoms with E-state index in [2.05, 4.69) is 23.9 Å². The molecule has 0 amide bonds. The molecule has 0 spiro atoms. The molecular weight excluding hydrogens is 252 g/mol. The summed E-state index contributed by atoms with van der Waals surface area (Å²) in [6.07, 6.45) is 9.13. The van der Waals surface area contributed by atoms with Crippen LogP contribution in [0.3, 0.4) is 0 Å². The Morgan fingerprint density at radius 3 is 1.55 bits per heavy atom. The van der Waals surface area contributed by atoms with E-state index >= 15 is 0 Å². The van der Waals surface area contributed by atoms with Gasteiger partial charge in [-0.3, -0.25) is 9.80 Å². The minimum Gasteiger partial charge on any atom is -0.375 e. The number of hydrogen-bond donors (Lipinski definition) is 0. The highest BCUT2D eigenvalue weighted by Gasteiger charge is 2.34. The van der Waals surface area contributed by atoms with Gasteiger partial charge in [0.25, 0.3) is 0 Å². The van der Waals surface area contributed by atoms with Crippen LogP contribution in [0.4, 0.5) is 0 Å². The van der Waals surface area contributed by atoms with Crippen LogP contribution in [0.5, 0.6) is 0 Å². The standard InChI is InChI=1S/2C8H15NO/c2*1-9-5-6-10-8-4-2-3-7(8)9/h2*7-8H,2-6H2,1H3/t2*7-,8-/m10/s1. The molecule has 4 fully saturated rings. The molecule has 2 heterocycles. The van der Waals surface area contributed by atoms with Gasteiger partial charge in [-0.2, -0.15) is 0 Å². The first-order chi connectivity index (χ1) is 9.75. The molecule has 0 aromatic rings. The first-order valence-electron chi connectivity index (χ1n) is 8.39. The van der Waals surface area contributed by atoms with E-state index in [-0.39, 0.29) is 0 Å². The number of morpholine rings is 2. The Bertz CT molecular complexity index is 283. The Morgan fingerprint density at radius 1 is 0.700 bits per heavy atom. The molecule has 2 saturated carbocycles. The van der Waals surface area contributed by atoms with Crippen LogP contribution in [-0.4, -0.2) is 74.5 Å². The van der Waals surface area contributed by atoms with Crippen molar-refractivity contribution in [2.75, 3.05) is 40.4 Å². The van der Waals surface area contributed by atoms with Crippen LogP contribution >= 0.6 is 0 Å². The summed E-state index contributed by atoms with van der Waals surface area (Å²) in [5.41, 5.74) is 0. The maximum atomic E-state index is 5.63. The minimum absolute atomic E-state index is 0.568. The van der Waals surface area contributed by atoms with Gasteiger partial charge >= 0.3 is 0 Å². The summed E-state index contributed by atoms with van der Waals surface area (Å²) in [5, 5.41) is 0. The summed E-state index contributed by atoms with van der Waals surface area (Å²) in [6.45, 7) is 4.14. The average molecular weight is 282 g/mol. The van der Waals surface area contributed by atoms with Crippen molar-refractivity contribution in [2.45, 2.75) is 62.8 Å². The molecular formula is C16H30N2O2. The minimum atomic E-state index is 0.568. The van der Waals surface area contributed by atoms with Gasteiger partial charge in [0, 0.05) is 25.2 Å². The van der Waals surface area contributed by atoms with Gasteiger partial charge in [-0.25, -0.2) is 0 Å². The van der Waals surface area contributed by atoms with E-state index in [1.165, 1.54) is 38.5 Å². The summed E-state index contributed by atoms with van der Waals surface area (Å²) in [4.78, 5) is 4.89.